The van der Waals surface area contributed by atoms with Gasteiger partial charge in [0, 0.05) is 18.7 Å². The molecule has 2 aromatic carbocycles. The first-order valence-electron chi connectivity index (χ1n) is 8.13. The fourth-order valence-electron chi connectivity index (χ4n) is 2.90. The second-order valence-electron chi connectivity index (χ2n) is 6.04. The summed E-state index contributed by atoms with van der Waals surface area (Å²) in [6.07, 6.45) is 1.02. The molecule has 3 rings (SSSR count). The molecule has 2 aromatic rings. The molecule has 1 unspecified atom stereocenters. The van der Waals surface area contributed by atoms with E-state index in [1.165, 1.54) is 12.1 Å². The van der Waals surface area contributed by atoms with Gasteiger partial charge >= 0.3 is 0 Å². The quantitative estimate of drug-likeness (QED) is 0.894. The minimum Gasteiger partial charge on any atom is -0.324 e. The summed E-state index contributed by atoms with van der Waals surface area (Å²) in [7, 11) is 0. The number of nitrogens with zero attached hydrogens (tertiary/aromatic N) is 1. The average molecular weight is 361 g/mol. The fraction of sp³-hybridized carbons (Fsp3) is 0.263. The molecule has 1 N–H and O–H groups in total. The topological polar surface area (TPSA) is 49.4 Å². The second-order valence-corrected chi connectivity index (χ2v) is 6.45. The predicted molar refractivity (Wildman–Crippen MR) is 96.3 cm³/mol. The molecule has 1 saturated heterocycles. The number of amides is 2. The van der Waals surface area contributed by atoms with Crippen molar-refractivity contribution in [2.45, 2.75) is 19.8 Å². The molecule has 0 spiro atoms. The van der Waals surface area contributed by atoms with Gasteiger partial charge in [-0.15, -0.1) is 0 Å². The SMILES string of the molecule is CCc1cccc(N2CC(C(=O)Nc3ccc(F)cc3Cl)CC2=O)c1. The molecule has 130 valence electrons. The largest absolute Gasteiger partial charge is 0.324 e. The van der Waals surface area contributed by atoms with Crippen molar-refractivity contribution >= 4 is 34.8 Å². The van der Waals surface area contributed by atoms with Crippen molar-refractivity contribution in [2.24, 2.45) is 5.92 Å². The van der Waals surface area contributed by atoms with Crippen LogP contribution in [0.25, 0.3) is 0 Å². The Bertz CT molecular complexity index is 825. The van der Waals surface area contributed by atoms with E-state index in [1.807, 2.05) is 31.2 Å². The summed E-state index contributed by atoms with van der Waals surface area (Å²) in [5.41, 5.74) is 2.28. The van der Waals surface area contributed by atoms with Crippen LogP contribution in [0.1, 0.15) is 18.9 Å². The lowest BCUT2D eigenvalue weighted by Gasteiger charge is -2.17. The third-order valence-electron chi connectivity index (χ3n) is 4.32. The standard InChI is InChI=1S/C19H18ClFN2O2/c1-2-12-4-3-5-15(8-12)23-11-13(9-18(23)24)19(25)22-17-7-6-14(21)10-16(17)20/h3-8,10,13H,2,9,11H2,1H3,(H,22,25). The molecule has 6 heteroatoms. The number of anilines is 2. The van der Waals surface area contributed by atoms with Gasteiger partial charge in [-0.25, -0.2) is 4.39 Å². The van der Waals surface area contributed by atoms with Crippen molar-refractivity contribution in [3.05, 3.63) is 58.9 Å². The Labute approximate surface area is 150 Å². The Morgan fingerprint density at radius 1 is 1.32 bits per heavy atom. The zero-order valence-electron chi connectivity index (χ0n) is 13.8. The van der Waals surface area contributed by atoms with Gasteiger partial charge in [0.1, 0.15) is 5.82 Å². The van der Waals surface area contributed by atoms with E-state index >= 15 is 0 Å². The van der Waals surface area contributed by atoms with Gasteiger partial charge in [-0.05, 0) is 42.3 Å². The highest BCUT2D eigenvalue weighted by Crippen LogP contribution is 2.28. The molecule has 1 atom stereocenters. The molecule has 0 aliphatic carbocycles. The van der Waals surface area contributed by atoms with Crippen LogP contribution in [0.2, 0.25) is 5.02 Å². The van der Waals surface area contributed by atoms with E-state index < -0.39 is 11.7 Å². The van der Waals surface area contributed by atoms with Gasteiger partial charge in [0.2, 0.25) is 11.8 Å². The van der Waals surface area contributed by atoms with Crippen LogP contribution in [-0.4, -0.2) is 18.4 Å². The predicted octanol–water partition coefficient (Wildman–Crippen LogP) is 4.03. The van der Waals surface area contributed by atoms with Gasteiger partial charge in [0.05, 0.1) is 16.6 Å². The van der Waals surface area contributed by atoms with Crippen LogP contribution >= 0.6 is 11.6 Å². The molecule has 0 aromatic heterocycles. The summed E-state index contributed by atoms with van der Waals surface area (Å²) in [6.45, 7) is 2.37. The average Bonchev–Trinajstić information content (AvgIpc) is 2.99. The first kappa shape index (κ1) is 17.4. The van der Waals surface area contributed by atoms with Crippen LogP contribution < -0.4 is 10.2 Å². The number of benzene rings is 2. The Kier molecular flexibility index (Phi) is 5.04. The normalized spacial score (nSPS) is 17.0. The third kappa shape index (κ3) is 3.82. The maximum absolute atomic E-state index is 13.1. The Balaban J connectivity index is 1.72. The van der Waals surface area contributed by atoms with Crippen LogP contribution in [0.5, 0.6) is 0 Å². The number of hydrogen-bond acceptors (Lipinski definition) is 2. The van der Waals surface area contributed by atoms with Gasteiger partial charge in [-0.2, -0.15) is 0 Å². The molecule has 4 nitrogen and oxygen atoms in total. The Morgan fingerprint density at radius 3 is 2.84 bits per heavy atom. The van der Waals surface area contributed by atoms with Gasteiger partial charge in [-0.1, -0.05) is 30.7 Å². The Hall–Kier alpha value is -2.40. The zero-order chi connectivity index (χ0) is 18.0. The van der Waals surface area contributed by atoms with Crippen LogP contribution in [0.4, 0.5) is 15.8 Å². The van der Waals surface area contributed by atoms with E-state index in [0.717, 1.165) is 23.7 Å². The number of carbonyl (C=O) groups is 2. The van der Waals surface area contributed by atoms with Gasteiger partial charge in [0.25, 0.3) is 0 Å². The van der Waals surface area contributed by atoms with Gasteiger partial charge in [-0.3, -0.25) is 9.59 Å². The van der Waals surface area contributed by atoms with Crippen molar-refractivity contribution < 1.29 is 14.0 Å². The summed E-state index contributed by atoms with van der Waals surface area (Å²) >= 11 is 5.93. The summed E-state index contributed by atoms with van der Waals surface area (Å²) in [5, 5.41) is 2.81. The van der Waals surface area contributed by atoms with E-state index in [0.29, 0.717) is 12.2 Å². The van der Waals surface area contributed by atoms with Crippen LogP contribution in [0.3, 0.4) is 0 Å². The molecular formula is C19H18ClFN2O2. The number of rotatable bonds is 4. The molecule has 1 aliphatic rings. The zero-order valence-corrected chi connectivity index (χ0v) is 14.5. The van der Waals surface area contributed by atoms with E-state index in [-0.39, 0.29) is 23.3 Å². The van der Waals surface area contributed by atoms with Crippen LogP contribution in [0.15, 0.2) is 42.5 Å². The first-order valence-corrected chi connectivity index (χ1v) is 8.51. The number of aryl methyl sites for hydroxylation is 1. The van der Waals surface area contributed by atoms with Gasteiger partial charge < -0.3 is 10.2 Å². The molecule has 25 heavy (non-hydrogen) atoms. The molecule has 0 radical (unpaired) electrons. The molecule has 2 amide bonds. The minimum atomic E-state index is -0.473. The van der Waals surface area contributed by atoms with Crippen molar-refractivity contribution in [3.63, 3.8) is 0 Å². The monoisotopic (exact) mass is 360 g/mol. The number of nitrogens with one attached hydrogen (secondary N) is 1. The highest BCUT2D eigenvalue weighted by Gasteiger charge is 2.35. The molecule has 0 bridgehead atoms. The lowest BCUT2D eigenvalue weighted by atomic mass is 10.1. The van der Waals surface area contributed by atoms with E-state index in [2.05, 4.69) is 5.32 Å². The van der Waals surface area contributed by atoms with Crippen LogP contribution in [-0.2, 0) is 16.0 Å². The summed E-state index contributed by atoms with van der Waals surface area (Å²) in [5.74, 6) is -1.32. The molecule has 0 saturated carbocycles. The third-order valence-corrected chi connectivity index (χ3v) is 4.63. The minimum absolute atomic E-state index is 0.0846. The summed E-state index contributed by atoms with van der Waals surface area (Å²) in [6, 6.07) is 11.5. The number of hydrogen-bond donors (Lipinski definition) is 1. The maximum atomic E-state index is 13.1. The maximum Gasteiger partial charge on any atom is 0.229 e. The van der Waals surface area contributed by atoms with Crippen molar-refractivity contribution in [3.8, 4) is 0 Å². The van der Waals surface area contributed by atoms with Crippen molar-refractivity contribution in [2.75, 3.05) is 16.8 Å². The molecule has 1 fully saturated rings. The van der Waals surface area contributed by atoms with Crippen molar-refractivity contribution in [1.82, 2.24) is 0 Å². The first-order chi connectivity index (χ1) is 12.0. The van der Waals surface area contributed by atoms with E-state index in [4.69, 9.17) is 11.6 Å². The highest BCUT2D eigenvalue weighted by molar-refractivity contribution is 6.33. The van der Waals surface area contributed by atoms with Gasteiger partial charge in [0.15, 0.2) is 0 Å². The summed E-state index contributed by atoms with van der Waals surface area (Å²) in [4.78, 5) is 26.4. The smallest absolute Gasteiger partial charge is 0.229 e. The van der Waals surface area contributed by atoms with Crippen LogP contribution in [0, 0.1) is 11.7 Å². The number of carbonyl (C=O) groups excluding carboxylic acids is 2. The second kappa shape index (κ2) is 7.23. The number of halogens is 2. The molecule has 1 heterocycles. The molecular weight excluding hydrogens is 343 g/mol. The van der Waals surface area contributed by atoms with E-state index in [9.17, 15) is 14.0 Å². The van der Waals surface area contributed by atoms with E-state index in [1.54, 1.807) is 4.90 Å². The lowest BCUT2D eigenvalue weighted by molar-refractivity contribution is -0.122. The molecule has 1 aliphatic heterocycles. The Morgan fingerprint density at radius 2 is 2.12 bits per heavy atom. The fourth-order valence-corrected chi connectivity index (χ4v) is 3.12. The lowest BCUT2D eigenvalue weighted by Crippen LogP contribution is -2.28. The summed E-state index contributed by atoms with van der Waals surface area (Å²) < 4.78 is 13.1. The highest BCUT2D eigenvalue weighted by atomic mass is 35.5. The van der Waals surface area contributed by atoms with Crippen molar-refractivity contribution in [1.29, 1.82) is 0 Å².